The van der Waals surface area contributed by atoms with Crippen LogP contribution in [0, 0.1) is 5.92 Å². The van der Waals surface area contributed by atoms with E-state index in [0.29, 0.717) is 5.02 Å². The number of halogens is 1. The van der Waals surface area contributed by atoms with Gasteiger partial charge in [-0.25, -0.2) is 15.8 Å². The van der Waals surface area contributed by atoms with Crippen molar-refractivity contribution in [3.05, 3.63) is 41.6 Å². The number of H-pyrrole nitrogens is 1. The van der Waals surface area contributed by atoms with Crippen molar-refractivity contribution in [3.8, 4) is 11.4 Å². The van der Waals surface area contributed by atoms with Gasteiger partial charge in [0.05, 0.1) is 11.0 Å². The van der Waals surface area contributed by atoms with Crippen LogP contribution >= 0.6 is 11.6 Å². The molecule has 28 heavy (non-hydrogen) atoms. The predicted molar refractivity (Wildman–Crippen MR) is 115 cm³/mol. The van der Waals surface area contributed by atoms with Crippen molar-refractivity contribution >= 4 is 28.5 Å². The van der Waals surface area contributed by atoms with E-state index < -0.39 is 0 Å². The van der Waals surface area contributed by atoms with Gasteiger partial charge in [0.25, 0.3) is 0 Å². The van der Waals surface area contributed by atoms with Crippen molar-refractivity contribution in [3.63, 3.8) is 0 Å². The Bertz CT molecular complexity index is 914. The summed E-state index contributed by atoms with van der Waals surface area (Å²) in [5.74, 6) is 8.62. The lowest BCUT2D eigenvalue weighted by Gasteiger charge is -2.29. The maximum Gasteiger partial charge on any atom is 0.142 e. The van der Waals surface area contributed by atoms with Gasteiger partial charge in [-0.1, -0.05) is 11.6 Å². The Balaban J connectivity index is 1.34. The molecule has 3 heterocycles. The molecule has 0 radical (unpaired) electrons. The first-order valence-corrected chi connectivity index (χ1v) is 10.3. The summed E-state index contributed by atoms with van der Waals surface area (Å²) in [7, 11) is 2.20. The number of nitrogens with two attached hydrogens (primary N) is 1. The number of piperidine rings is 1. The van der Waals surface area contributed by atoms with Crippen molar-refractivity contribution in [2.75, 3.05) is 31.7 Å². The molecule has 0 atom stereocenters. The van der Waals surface area contributed by atoms with Gasteiger partial charge in [-0.05, 0) is 82.1 Å². The average Bonchev–Trinajstić information content (AvgIpc) is 3.12. The fraction of sp³-hybridized carbons (Fsp3) is 0.429. The van der Waals surface area contributed by atoms with Crippen LogP contribution in [0.3, 0.4) is 0 Å². The number of nitrogens with one attached hydrogen (secondary N) is 1. The maximum absolute atomic E-state index is 6.22. The monoisotopic (exact) mass is 398 g/mol. The molecular formula is C21H27ClN6. The van der Waals surface area contributed by atoms with Crippen LogP contribution in [0.15, 0.2) is 36.5 Å². The number of fused-ring (bicyclic) bond motifs is 1. The Morgan fingerprint density at radius 1 is 1.25 bits per heavy atom. The molecule has 1 aliphatic heterocycles. The number of nitrogens with zero attached hydrogens (tertiary/aromatic N) is 4. The van der Waals surface area contributed by atoms with Crippen LogP contribution in [-0.4, -0.2) is 46.5 Å². The van der Waals surface area contributed by atoms with E-state index in [9.17, 15) is 0 Å². The fourth-order valence-corrected chi connectivity index (χ4v) is 4.00. The number of likely N-dealkylation sites (tertiary alicyclic amines) is 1. The van der Waals surface area contributed by atoms with E-state index in [4.69, 9.17) is 17.4 Å². The number of benzene rings is 1. The Hall–Kier alpha value is -2.15. The summed E-state index contributed by atoms with van der Waals surface area (Å²) < 4.78 is 0. The summed E-state index contributed by atoms with van der Waals surface area (Å²) in [6, 6.07) is 9.57. The fourth-order valence-electron chi connectivity index (χ4n) is 3.83. The third kappa shape index (κ3) is 4.46. The van der Waals surface area contributed by atoms with Crippen LogP contribution in [0.25, 0.3) is 22.4 Å². The average molecular weight is 399 g/mol. The van der Waals surface area contributed by atoms with E-state index in [0.717, 1.165) is 47.1 Å². The largest absolute Gasteiger partial charge is 0.338 e. The number of aromatic nitrogens is 3. The summed E-state index contributed by atoms with van der Waals surface area (Å²) in [5.41, 5.74) is 2.73. The summed E-state index contributed by atoms with van der Waals surface area (Å²) in [4.78, 5) is 14.8. The first-order valence-electron chi connectivity index (χ1n) is 9.91. The Morgan fingerprint density at radius 3 is 2.82 bits per heavy atom. The molecule has 0 aliphatic carbocycles. The lowest BCUT2D eigenvalue weighted by molar-refractivity contribution is 0.211. The second-order valence-electron chi connectivity index (χ2n) is 7.73. The quantitative estimate of drug-likeness (QED) is 0.483. The van der Waals surface area contributed by atoms with Crippen molar-refractivity contribution < 1.29 is 0 Å². The van der Waals surface area contributed by atoms with Gasteiger partial charge in [-0.15, -0.1) is 0 Å². The lowest BCUT2D eigenvalue weighted by atomic mass is 9.92. The van der Waals surface area contributed by atoms with E-state index >= 15 is 0 Å². The van der Waals surface area contributed by atoms with Gasteiger partial charge < -0.3 is 9.88 Å². The number of anilines is 1. The topological polar surface area (TPSA) is 74.1 Å². The standard InChI is InChI=1S/C21H27ClN6/c1-27-11-8-15(9-12-27)3-2-10-28(23)20-7-4-16(14-24-20)21-25-18-6-5-17(22)13-19(18)26-21/h4-7,13-15H,2-3,8-12,23H2,1H3,(H,25,26). The Morgan fingerprint density at radius 2 is 2.07 bits per heavy atom. The van der Waals surface area contributed by atoms with Crippen LogP contribution in [0.5, 0.6) is 0 Å². The Labute approximate surface area is 170 Å². The van der Waals surface area contributed by atoms with Gasteiger partial charge >= 0.3 is 0 Å². The van der Waals surface area contributed by atoms with Gasteiger partial charge in [-0.2, -0.15) is 0 Å². The van der Waals surface area contributed by atoms with Gasteiger partial charge in [0.1, 0.15) is 11.6 Å². The van der Waals surface area contributed by atoms with Crippen molar-refractivity contribution in [2.45, 2.75) is 25.7 Å². The van der Waals surface area contributed by atoms with Gasteiger partial charge in [-0.3, -0.25) is 5.01 Å². The predicted octanol–water partition coefficient (Wildman–Crippen LogP) is 4.08. The normalized spacial score (nSPS) is 16.0. The van der Waals surface area contributed by atoms with Gasteiger partial charge in [0.2, 0.25) is 0 Å². The zero-order valence-corrected chi connectivity index (χ0v) is 17.0. The van der Waals surface area contributed by atoms with Gasteiger partial charge in [0.15, 0.2) is 0 Å². The minimum Gasteiger partial charge on any atom is -0.338 e. The highest BCUT2D eigenvalue weighted by molar-refractivity contribution is 6.31. The molecule has 1 aromatic carbocycles. The number of hydrogen-bond acceptors (Lipinski definition) is 5. The third-order valence-electron chi connectivity index (χ3n) is 5.61. The van der Waals surface area contributed by atoms with Crippen molar-refractivity contribution in [1.82, 2.24) is 19.9 Å². The zero-order valence-electron chi connectivity index (χ0n) is 16.2. The molecule has 7 heteroatoms. The third-order valence-corrected chi connectivity index (χ3v) is 5.84. The van der Waals surface area contributed by atoms with Crippen molar-refractivity contribution in [1.29, 1.82) is 0 Å². The van der Waals surface area contributed by atoms with E-state index in [1.807, 2.05) is 36.5 Å². The molecular weight excluding hydrogens is 372 g/mol. The zero-order chi connectivity index (χ0) is 19.5. The summed E-state index contributed by atoms with van der Waals surface area (Å²) in [6.45, 7) is 3.25. The molecule has 0 unspecified atom stereocenters. The molecule has 0 amide bonds. The van der Waals surface area contributed by atoms with E-state index in [2.05, 4.69) is 26.9 Å². The highest BCUT2D eigenvalue weighted by Gasteiger charge is 2.16. The molecule has 0 bridgehead atoms. The highest BCUT2D eigenvalue weighted by Crippen LogP contribution is 2.24. The number of hydrazine groups is 1. The summed E-state index contributed by atoms with van der Waals surface area (Å²) in [6.07, 6.45) is 6.75. The van der Waals surface area contributed by atoms with Crippen LogP contribution in [-0.2, 0) is 0 Å². The molecule has 0 saturated carbocycles. The molecule has 4 rings (SSSR count). The first kappa shape index (κ1) is 19.2. The summed E-state index contributed by atoms with van der Waals surface area (Å²) >= 11 is 6.05. The highest BCUT2D eigenvalue weighted by atomic mass is 35.5. The van der Waals surface area contributed by atoms with Crippen LogP contribution < -0.4 is 10.9 Å². The molecule has 6 nitrogen and oxygen atoms in total. The molecule has 0 spiro atoms. The second kappa shape index (κ2) is 8.47. The molecule has 2 aromatic heterocycles. The van der Waals surface area contributed by atoms with Crippen molar-refractivity contribution in [2.24, 2.45) is 11.8 Å². The maximum atomic E-state index is 6.22. The SMILES string of the molecule is CN1CCC(CCCN(N)c2ccc(-c3nc4ccc(Cl)cc4[nH]3)cn2)CC1. The number of hydrogen-bond donors (Lipinski definition) is 2. The number of pyridine rings is 1. The minimum absolute atomic E-state index is 0.690. The van der Waals surface area contributed by atoms with Gasteiger partial charge in [0, 0.05) is 23.3 Å². The molecule has 1 saturated heterocycles. The molecule has 1 aliphatic rings. The van der Waals surface area contributed by atoms with Crippen LogP contribution in [0.1, 0.15) is 25.7 Å². The Kier molecular flexibility index (Phi) is 5.80. The molecule has 148 valence electrons. The molecule has 3 aromatic rings. The van der Waals surface area contributed by atoms with Crippen LogP contribution in [0.2, 0.25) is 5.02 Å². The molecule has 3 N–H and O–H groups in total. The van der Waals surface area contributed by atoms with Crippen LogP contribution in [0.4, 0.5) is 5.82 Å². The number of imidazole rings is 1. The van der Waals surface area contributed by atoms with E-state index in [1.54, 1.807) is 5.01 Å². The second-order valence-corrected chi connectivity index (χ2v) is 8.17. The lowest BCUT2D eigenvalue weighted by Crippen LogP contribution is -2.34. The van der Waals surface area contributed by atoms with E-state index in [1.165, 1.54) is 32.4 Å². The molecule has 1 fully saturated rings. The smallest absolute Gasteiger partial charge is 0.142 e. The van der Waals surface area contributed by atoms with E-state index in [-0.39, 0.29) is 0 Å². The number of rotatable bonds is 6. The minimum atomic E-state index is 0.690. The summed E-state index contributed by atoms with van der Waals surface area (Å²) in [5, 5.41) is 2.44. The first-order chi connectivity index (χ1) is 13.6. The number of aromatic amines is 1.